The largest absolute Gasteiger partial charge is 0.388 e. The molecule has 0 aliphatic carbocycles. The van der Waals surface area contributed by atoms with Crippen LogP contribution in [-0.2, 0) is 34.9 Å². The summed E-state index contributed by atoms with van der Waals surface area (Å²) in [5.41, 5.74) is 3.47. The van der Waals surface area contributed by atoms with Crippen LogP contribution in [0.4, 0.5) is 0 Å². The van der Waals surface area contributed by atoms with E-state index in [4.69, 9.17) is 23.7 Å². The molecule has 268 valence electrons. The van der Waals surface area contributed by atoms with Crippen LogP contribution in [0.2, 0.25) is 0 Å². The minimum Gasteiger partial charge on any atom is -0.388 e. The van der Waals surface area contributed by atoms with Crippen molar-refractivity contribution in [2.75, 3.05) is 6.61 Å². The molecule has 0 radical (unpaired) electrons. The average molecular weight is 705 g/mol. The molecule has 8 rings (SSSR count). The molecule has 2 fully saturated rings. The molecule has 0 spiro atoms. The van der Waals surface area contributed by atoms with Crippen molar-refractivity contribution in [3.8, 4) is 0 Å². The number of hydrogen-bond donors (Lipinski definition) is 1. The number of aliphatic hydroxyl groups excluding tert-OH is 1. The third-order valence-electron chi connectivity index (χ3n) is 10.3. The standard InChI is InChI=1S/C47H44O6/c1-45(2)51-43-42(52-47(37-27-15-6-16-28-37,38-29-17-7-18-30-38)39-31-19-8-20-32-39)41(50-44(43)53-45)40(48)33-49-46(34-21-9-3-10-22-34,35-23-11-4-12-24-35)36-25-13-5-14-26-36/h3-32,40-44,48H,33H2,1-2H3/t40-,41-,42+,43-,44-/m1/s1. The number of rotatable bonds is 12. The summed E-state index contributed by atoms with van der Waals surface area (Å²) < 4.78 is 34.1. The molecule has 6 aromatic rings. The third kappa shape index (κ3) is 6.64. The Morgan fingerprint density at radius 3 is 1.23 bits per heavy atom. The van der Waals surface area contributed by atoms with Crippen LogP contribution in [0.25, 0.3) is 0 Å². The molecule has 2 aliphatic rings. The van der Waals surface area contributed by atoms with Crippen LogP contribution in [0, 0.1) is 0 Å². The summed E-state index contributed by atoms with van der Waals surface area (Å²) >= 11 is 0. The summed E-state index contributed by atoms with van der Waals surface area (Å²) in [5, 5.41) is 12.4. The molecular weight excluding hydrogens is 661 g/mol. The highest BCUT2D eigenvalue weighted by Crippen LogP contribution is 2.48. The van der Waals surface area contributed by atoms with Crippen LogP contribution in [0.15, 0.2) is 182 Å². The molecule has 53 heavy (non-hydrogen) atoms. The molecule has 5 atom stereocenters. The molecule has 0 aromatic heterocycles. The van der Waals surface area contributed by atoms with Crippen LogP contribution in [0.3, 0.4) is 0 Å². The van der Waals surface area contributed by atoms with Crippen LogP contribution in [-0.4, -0.2) is 48.2 Å². The van der Waals surface area contributed by atoms with Gasteiger partial charge in [0.05, 0.1) is 6.61 Å². The van der Waals surface area contributed by atoms with E-state index in [2.05, 4.69) is 72.8 Å². The summed E-state index contributed by atoms with van der Waals surface area (Å²) in [7, 11) is 0. The predicted molar refractivity (Wildman–Crippen MR) is 204 cm³/mol. The lowest BCUT2D eigenvalue weighted by atomic mass is 9.79. The maximum absolute atomic E-state index is 12.4. The zero-order valence-electron chi connectivity index (χ0n) is 29.9. The lowest BCUT2D eigenvalue weighted by Crippen LogP contribution is -2.50. The third-order valence-corrected chi connectivity index (χ3v) is 10.3. The fourth-order valence-electron chi connectivity index (χ4n) is 7.95. The summed E-state index contributed by atoms with van der Waals surface area (Å²) in [4.78, 5) is 0. The van der Waals surface area contributed by atoms with Crippen molar-refractivity contribution in [2.45, 2.75) is 61.5 Å². The topological polar surface area (TPSA) is 66.4 Å². The van der Waals surface area contributed by atoms with Gasteiger partial charge in [0.1, 0.15) is 35.6 Å². The Balaban J connectivity index is 1.22. The van der Waals surface area contributed by atoms with Crippen LogP contribution < -0.4 is 0 Å². The zero-order valence-corrected chi connectivity index (χ0v) is 29.9. The fourth-order valence-corrected chi connectivity index (χ4v) is 7.95. The van der Waals surface area contributed by atoms with Gasteiger partial charge in [0.15, 0.2) is 12.1 Å². The van der Waals surface area contributed by atoms with Crippen molar-refractivity contribution in [1.29, 1.82) is 0 Å². The molecule has 0 unspecified atom stereocenters. The van der Waals surface area contributed by atoms with Gasteiger partial charge in [-0.05, 0) is 47.2 Å². The molecule has 6 heteroatoms. The fraction of sp³-hybridized carbons (Fsp3) is 0.234. The second-order valence-electron chi connectivity index (χ2n) is 14.1. The highest BCUT2D eigenvalue weighted by molar-refractivity contribution is 5.49. The molecule has 0 saturated carbocycles. The molecule has 2 saturated heterocycles. The summed E-state index contributed by atoms with van der Waals surface area (Å²) in [6.45, 7) is 3.65. The van der Waals surface area contributed by atoms with Gasteiger partial charge in [0.2, 0.25) is 0 Å². The summed E-state index contributed by atoms with van der Waals surface area (Å²) in [5.74, 6) is -0.915. The first kappa shape index (κ1) is 35.1. The SMILES string of the molecule is CC1(C)O[C@H]2O[C@H]([C@H](O)COC(c3ccccc3)(c3ccccc3)c3ccccc3)[C@H](OC(c3ccccc3)(c3ccccc3)c3ccccc3)[C@H]2O1. The van der Waals surface area contributed by atoms with Crippen molar-refractivity contribution < 1.29 is 28.8 Å². The highest BCUT2D eigenvalue weighted by Gasteiger charge is 2.59. The molecule has 2 heterocycles. The van der Waals surface area contributed by atoms with E-state index in [9.17, 15) is 5.11 Å². The van der Waals surface area contributed by atoms with Crippen molar-refractivity contribution in [3.05, 3.63) is 215 Å². The number of ether oxygens (including phenoxy) is 5. The van der Waals surface area contributed by atoms with Gasteiger partial charge < -0.3 is 28.8 Å². The summed E-state index contributed by atoms with van der Waals surface area (Å²) in [6, 6.07) is 60.9. The predicted octanol–water partition coefficient (Wildman–Crippen LogP) is 8.61. The van der Waals surface area contributed by atoms with E-state index in [1.54, 1.807) is 0 Å². The Morgan fingerprint density at radius 2 is 0.868 bits per heavy atom. The van der Waals surface area contributed by atoms with Gasteiger partial charge in [-0.25, -0.2) is 0 Å². The van der Waals surface area contributed by atoms with Gasteiger partial charge in [-0.2, -0.15) is 0 Å². The first-order valence-electron chi connectivity index (χ1n) is 18.2. The lowest BCUT2D eigenvalue weighted by molar-refractivity contribution is -0.240. The van der Waals surface area contributed by atoms with Gasteiger partial charge in [-0.15, -0.1) is 0 Å². The Bertz CT molecular complexity index is 1850. The van der Waals surface area contributed by atoms with E-state index in [1.807, 2.05) is 123 Å². The summed E-state index contributed by atoms with van der Waals surface area (Å²) in [6.07, 6.45) is -4.20. The van der Waals surface area contributed by atoms with Gasteiger partial charge in [-0.1, -0.05) is 182 Å². The van der Waals surface area contributed by atoms with Crippen molar-refractivity contribution in [3.63, 3.8) is 0 Å². The van der Waals surface area contributed by atoms with Crippen molar-refractivity contribution >= 4 is 0 Å². The molecule has 2 aliphatic heterocycles. The first-order valence-corrected chi connectivity index (χ1v) is 18.2. The molecule has 6 aromatic carbocycles. The van der Waals surface area contributed by atoms with Crippen molar-refractivity contribution in [1.82, 2.24) is 0 Å². The minimum absolute atomic E-state index is 0.0823. The van der Waals surface area contributed by atoms with E-state index in [-0.39, 0.29) is 6.61 Å². The molecule has 1 N–H and O–H groups in total. The van der Waals surface area contributed by atoms with Crippen molar-refractivity contribution in [2.24, 2.45) is 0 Å². The van der Waals surface area contributed by atoms with E-state index in [1.165, 1.54) is 0 Å². The van der Waals surface area contributed by atoms with E-state index in [0.717, 1.165) is 33.4 Å². The minimum atomic E-state index is -1.14. The number of hydrogen-bond acceptors (Lipinski definition) is 6. The second kappa shape index (κ2) is 14.8. The Hall–Kier alpha value is -4.92. The van der Waals surface area contributed by atoms with E-state index in [0.29, 0.717) is 0 Å². The van der Waals surface area contributed by atoms with Gasteiger partial charge in [0, 0.05) is 0 Å². The van der Waals surface area contributed by atoms with E-state index >= 15 is 0 Å². The van der Waals surface area contributed by atoms with Gasteiger partial charge >= 0.3 is 0 Å². The van der Waals surface area contributed by atoms with Crippen LogP contribution in [0.1, 0.15) is 47.2 Å². The Morgan fingerprint density at radius 1 is 0.528 bits per heavy atom. The lowest BCUT2D eigenvalue weighted by Gasteiger charge is -2.41. The van der Waals surface area contributed by atoms with Gasteiger partial charge in [0.25, 0.3) is 0 Å². The Labute approximate surface area is 311 Å². The Kier molecular flexibility index (Phi) is 9.83. The molecule has 0 amide bonds. The maximum atomic E-state index is 12.4. The quantitative estimate of drug-likeness (QED) is 0.129. The number of fused-ring (bicyclic) bond motifs is 1. The first-order chi connectivity index (χ1) is 25.9. The molecule has 0 bridgehead atoms. The second-order valence-corrected chi connectivity index (χ2v) is 14.1. The smallest absolute Gasteiger partial charge is 0.190 e. The van der Waals surface area contributed by atoms with Crippen LogP contribution >= 0.6 is 0 Å². The van der Waals surface area contributed by atoms with Crippen LogP contribution in [0.5, 0.6) is 0 Å². The normalized spacial score (nSPS) is 21.6. The molecule has 6 nitrogen and oxygen atoms in total. The zero-order chi connectivity index (χ0) is 36.3. The molecular formula is C47H44O6. The van der Waals surface area contributed by atoms with Gasteiger partial charge in [-0.3, -0.25) is 0 Å². The number of aliphatic hydroxyl groups is 1. The highest BCUT2D eigenvalue weighted by atomic mass is 16.8. The monoisotopic (exact) mass is 704 g/mol. The average Bonchev–Trinajstić information content (AvgIpc) is 3.70. The van der Waals surface area contributed by atoms with E-state index < -0.39 is 47.7 Å². The maximum Gasteiger partial charge on any atom is 0.190 e. The number of benzene rings is 6.